The van der Waals surface area contributed by atoms with Crippen LogP contribution in [0.5, 0.6) is 0 Å². The number of halogens is 2. The van der Waals surface area contributed by atoms with Gasteiger partial charge in [-0.2, -0.15) is 5.10 Å². The number of aryl methyl sites for hydroxylation is 1. The van der Waals surface area contributed by atoms with Crippen molar-refractivity contribution in [2.24, 2.45) is 7.05 Å². The predicted octanol–water partition coefficient (Wildman–Crippen LogP) is 3.38. The summed E-state index contributed by atoms with van der Waals surface area (Å²) in [6.45, 7) is 0.171. The number of benzene rings is 1. The number of aromatic nitrogens is 3. The molecule has 0 radical (unpaired) electrons. The van der Waals surface area contributed by atoms with Crippen molar-refractivity contribution in [2.75, 3.05) is 7.05 Å². The van der Waals surface area contributed by atoms with E-state index in [1.807, 2.05) is 29.1 Å². The molecule has 0 spiro atoms. The normalized spacial score (nSPS) is 10.8. The number of hydrogen-bond donors (Lipinski definition) is 0. The number of carbonyl (C=O) groups excluding carboxylic acids is 1. The molecule has 2 heterocycles. The van der Waals surface area contributed by atoms with Gasteiger partial charge in [0.1, 0.15) is 17.2 Å². The van der Waals surface area contributed by atoms with Crippen molar-refractivity contribution in [3.05, 3.63) is 70.3 Å². The van der Waals surface area contributed by atoms with Gasteiger partial charge in [0, 0.05) is 43.1 Å². The second kappa shape index (κ2) is 6.60. The van der Waals surface area contributed by atoms with E-state index in [0.29, 0.717) is 16.9 Å². The third-order valence-electron chi connectivity index (χ3n) is 3.75. The molecule has 124 valence electrons. The molecule has 1 aromatic carbocycles. The lowest BCUT2D eigenvalue weighted by molar-refractivity contribution is 0.0783. The summed E-state index contributed by atoms with van der Waals surface area (Å²) in [7, 11) is 3.43. The van der Waals surface area contributed by atoms with Crippen LogP contribution in [0.3, 0.4) is 0 Å². The van der Waals surface area contributed by atoms with Crippen molar-refractivity contribution >= 4 is 21.8 Å². The quantitative estimate of drug-likeness (QED) is 0.685. The molecule has 0 unspecified atom stereocenters. The SMILES string of the molecule is CN(Cc1cc(Br)ccc1F)C(=O)c1cnn(C)c1-n1cccc1. The summed E-state index contributed by atoms with van der Waals surface area (Å²) in [5.74, 6) is 0.118. The second-order valence-corrected chi connectivity index (χ2v) is 6.41. The minimum atomic E-state index is -0.338. The van der Waals surface area contributed by atoms with Gasteiger partial charge in [0.2, 0.25) is 0 Å². The zero-order chi connectivity index (χ0) is 17.3. The van der Waals surface area contributed by atoms with Crippen LogP contribution in [0, 0.1) is 5.82 Å². The number of carbonyl (C=O) groups is 1. The molecule has 0 aliphatic rings. The lowest BCUT2D eigenvalue weighted by Gasteiger charge is -2.18. The van der Waals surface area contributed by atoms with Gasteiger partial charge in [-0.1, -0.05) is 15.9 Å². The molecule has 3 aromatic rings. The molecule has 0 fully saturated rings. The summed E-state index contributed by atoms with van der Waals surface area (Å²) >= 11 is 3.32. The Kier molecular flexibility index (Phi) is 4.53. The molecule has 0 aliphatic heterocycles. The van der Waals surface area contributed by atoms with Crippen LogP contribution >= 0.6 is 15.9 Å². The van der Waals surface area contributed by atoms with Gasteiger partial charge in [-0.25, -0.2) is 4.39 Å². The van der Waals surface area contributed by atoms with Crippen LogP contribution in [0.4, 0.5) is 4.39 Å². The first kappa shape index (κ1) is 16.4. The van der Waals surface area contributed by atoms with Gasteiger partial charge in [-0.05, 0) is 30.3 Å². The third kappa shape index (κ3) is 3.12. The molecule has 0 N–H and O–H groups in total. The highest BCUT2D eigenvalue weighted by atomic mass is 79.9. The van der Waals surface area contributed by atoms with Gasteiger partial charge in [0.15, 0.2) is 0 Å². The average Bonchev–Trinajstić information content (AvgIpc) is 3.19. The summed E-state index contributed by atoms with van der Waals surface area (Å²) in [4.78, 5) is 14.3. The minimum Gasteiger partial charge on any atom is -0.337 e. The Bertz CT molecular complexity index is 873. The van der Waals surface area contributed by atoms with E-state index in [0.717, 1.165) is 4.47 Å². The van der Waals surface area contributed by atoms with Gasteiger partial charge in [-0.3, -0.25) is 9.48 Å². The summed E-state index contributed by atoms with van der Waals surface area (Å²) in [6, 6.07) is 8.44. The molecular formula is C17H16BrFN4O. The second-order valence-electron chi connectivity index (χ2n) is 5.49. The van der Waals surface area contributed by atoms with Crippen LogP contribution in [-0.4, -0.2) is 32.2 Å². The van der Waals surface area contributed by atoms with Crippen molar-refractivity contribution < 1.29 is 9.18 Å². The highest BCUT2D eigenvalue weighted by Crippen LogP contribution is 2.20. The standard InChI is InChI=1S/C17H16BrFN4O/c1-21(11-12-9-13(18)5-6-15(12)19)17(24)14-10-20-22(2)16(14)23-7-3-4-8-23/h3-10H,11H2,1-2H3. The number of rotatable bonds is 4. The van der Waals surface area contributed by atoms with Crippen LogP contribution in [0.25, 0.3) is 5.82 Å². The number of hydrogen-bond acceptors (Lipinski definition) is 2. The molecule has 0 bridgehead atoms. The van der Waals surface area contributed by atoms with Crippen molar-refractivity contribution in [3.8, 4) is 5.82 Å². The van der Waals surface area contributed by atoms with E-state index in [9.17, 15) is 9.18 Å². The maximum Gasteiger partial charge on any atom is 0.259 e. The molecule has 7 heteroatoms. The number of amides is 1. The minimum absolute atomic E-state index is 0.171. The highest BCUT2D eigenvalue weighted by molar-refractivity contribution is 9.10. The van der Waals surface area contributed by atoms with E-state index in [1.54, 1.807) is 30.9 Å². The van der Waals surface area contributed by atoms with E-state index < -0.39 is 0 Å². The van der Waals surface area contributed by atoms with Crippen molar-refractivity contribution in [1.82, 2.24) is 19.2 Å². The van der Waals surface area contributed by atoms with Crippen LogP contribution in [0.1, 0.15) is 15.9 Å². The first-order valence-electron chi connectivity index (χ1n) is 7.32. The van der Waals surface area contributed by atoms with E-state index in [1.165, 1.54) is 17.2 Å². The van der Waals surface area contributed by atoms with Gasteiger partial charge >= 0.3 is 0 Å². The molecule has 0 aliphatic carbocycles. The fourth-order valence-corrected chi connectivity index (χ4v) is 2.97. The molecule has 24 heavy (non-hydrogen) atoms. The summed E-state index contributed by atoms with van der Waals surface area (Å²) in [6.07, 6.45) is 5.23. The van der Waals surface area contributed by atoms with Gasteiger partial charge < -0.3 is 9.47 Å². The van der Waals surface area contributed by atoms with Crippen LogP contribution in [-0.2, 0) is 13.6 Å². The van der Waals surface area contributed by atoms with Crippen LogP contribution in [0.15, 0.2) is 53.4 Å². The fraction of sp³-hybridized carbons (Fsp3) is 0.176. The summed E-state index contributed by atoms with van der Waals surface area (Å²) in [5, 5.41) is 4.18. The summed E-state index contributed by atoms with van der Waals surface area (Å²) < 4.78 is 18.2. The molecule has 2 aromatic heterocycles. The Hall–Kier alpha value is -2.41. The van der Waals surface area contributed by atoms with Crippen LogP contribution < -0.4 is 0 Å². The van der Waals surface area contributed by atoms with Gasteiger partial charge in [0.05, 0.1) is 6.20 Å². The van der Waals surface area contributed by atoms with Crippen molar-refractivity contribution in [2.45, 2.75) is 6.54 Å². The molecular weight excluding hydrogens is 375 g/mol. The Labute approximate surface area is 147 Å². The molecule has 5 nitrogen and oxygen atoms in total. The maximum atomic E-state index is 13.9. The Morgan fingerprint density at radius 1 is 1.33 bits per heavy atom. The lowest BCUT2D eigenvalue weighted by atomic mass is 10.2. The predicted molar refractivity (Wildman–Crippen MR) is 92.4 cm³/mol. The van der Waals surface area contributed by atoms with E-state index in [2.05, 4.69) is 21.0 Å². The molecule has 0 saturated carbocycles. The molecule has 0 saturated heterocycles. The zero-order valence-electron chi connectivity index (χ0n) is 13.3. The Morgan fingerprint density at radius 2 is 2.04 bits per heavy atom. The third-order valence-corrected chi connectivity index (χ3v) is 4.24. The zero-order valence-corrected chi connectivity index (χ0v) is 14.9. The fourth-order valence-electron chi connectivity index (χ4n) is 2.56. The smallest absolute Gasteiger partial charge is 0.259 e. The first-order valence-corrected chi connectivity index (χ1v) is 8.11. The number of nitrogens with zero attached hydrogens (tertiary/aromatic N) is 4. The van der Waals surface area contributed by atoms with E-state index in [4.69, 9.17) is 0 Å². The van der Waals surface area contributed by atoms with E-state index >= 15 is 0 Å². The summed E-state index contributed by atoms with van der Waals surface area (Å²) in [5.41, 5.74) is 0.915. The topological polar surface area (TPSA) is 43.1 Å². The van der Waals surface area contributed by atoms with Crippen molar-refractivity contribution in [1.29, 1.82) is 0 Å². The Balaban J connectivity index is 1.88. The van der Waals surface area contributed by atoms with Gasteiger partial charge in [0.25, 0.3) is 5.91 Å². The van der Waals surface area contributed by atoms with Gasteiger partial charge in [-0.15, -0.1) is 0 Å². The van der Waals surface area contributed by atoms with E-state index in [-0.39, 0.29) is 18.3 Å². The molecule has 1 amide bonds. The van der Waals surface area contributed by atoms with Crippen LogP contribution in [0.2, 0.25) is 0 Å². The first-order chi connectivity index (χ1) is 11.5. The van der Waals surface area contributed by atoms with Crippen molar-refractivity contribution in [3.63, 3.8) is 0 Å². The Morgan fingerprint density at radius 3 is 2.75 bits per heavy atom. The largest absolute Gasteiger partial charge is 0.337 e. The lowest BCUT2D eigenvalue weighted by Crippen LogP contribution is -2.27. The average molecular weight is 391 g/mol. The highest BCUT2D eigenvalue weighted by Gasteiger charge is 2.21. The maximum absolute atomic E-state index is 13.9. The molecule has 3 rings (SSSR count). The molecule has 0 atom stereocenters. The monoisotopic (exact) mass is 390 g/mol.